The summed E-state index contributed by atoms with van der Waals surface area (Å²) in [7, 11) is 0. The molecule has 3 N–H and O–H groups in total. The molecule has 0 aliphatic rings. The second-order valence-electron chi connectivity index (χ2n) is 2.13. The minimum absolute atomic E-state index is 0.00309. The first-order valence-corrected chi connectivity index (χ1v) is 3.76. The average Bonchev–Trinajstić information content (AvgIpc) is 2.00. The third-order valence-corrected chi connectivity index (χ3v) is 2.18. The van der Waals surface area contributed by atoms with Crippen LogP contribution in [0.3, 0.4) is 0 Å². The van der Waals surface area contributed by atoms with Gasteiger partial charge in [0.1, 0.15) is 0 Å². The van der Waals surface area contributed by atoms with E-state index in [2.05, 4.69) is 0 Å². The van der Waals surface area contributed by atoms with Crippen molar-refractivity contribution in [3.8, 4) is 0 Å². The van der Waals surface area contributed by atoms with E-state index in [4.69, 9.17) is 34.0 Å². The van der Waals surface area contributed by atoms with Crippen LogP contribution in [0.2, 0.25) is 10.0 Å². The normalized spacial score (nSPS) is 9.83. The number of anilines is 1. The minimum Gasteiger partial charge on any atom is -0.478 e. The summed E-state index contributed by atoms with van der Waals surface area (Å²) < 4.78 is 0. The molecule has 0 amide bonds. The highest BCUT2D eigenvalue weighted by Crippen LogP contribution is 2.30. The maximum absolute atomic E-state index is 10.5. The van der Waals surface area contributed by atoms with Crippen LogP contribution in [0.5, 0.6) is 0 Å². The second kappa shape index (κ2) is 3.21. The van der Waals surface area contributed by atoms with Gasteiger partial charge in [0.15, 0.2) is 0 Å². The molecule has 64 valence electrons. The van der Waals surface area contributed by atoms with Gasteiger partial charge in [-0.05, 0) is 12.1 Å². The Morgan fingerprint density at radius 1 is 1.42 bits per heavy atom. The number of carbonyl (C=O) groups is 1. The Kier molecular flexibility index (Phi) is 2.45. The standard InChI is InChI=1S/C7H5Cl2NO2/c8-4-2-1-3(7(11)12)6(10)5(4)9/h1-2H,10H2,(H,11,12). The first-order chi connectivity index (χ1) is 5.54. The van der Waals surface area contributed by atoms with Crippen LogP contribution in [0.4, 0.5) is 5.69 Å². The van der Waals surface area contributed by atoms with Crippen molar-refractivity contribution in [3.63, 3.8) is 0 Å². The largest absolute Gasteiger partial charge is 0.478 e. The van der Waals surface area contributed by atoms with E-state index in [-0.39, 0.29) is 21.3 Å². The van der Waals surface area contributed by atoms with Gasteiger partial charge in [0.25, 0.3) is 0 Å². The molecule has 0 unspecified atom stereocenters. The van der Waals surface area contributed by atoms with E-state index < -0.39 is 5.97 Å². The lowest BCUT2D eigenvalue weighted by atomic mass is 10.2. The molecule has 0 radical (unpaired) electrons. The molecule has 0 atom stereocenters. The Labute approximate surface area is 78.7 Å². The van der Waals surface area contributed by atoms with Gasteiger partial charge in [-0.15, -0.1) is 0 Å². The third kappa shape index (κ3) is 1.47. The molecule has 0 bridgehead atoms. The van der Waals surface area contributed by atoms with Crippen LogP contribution in [-0.4, -0.2) is 11.1 Å². The van der Waals surface area contributed by atoms with Crippen molar-refractivity contribution in [1.82, 2.24) is 0 Å². The van der Waals surface area contributed by atoms with E-state index in [0.717, 1.165) is 0 Å². The molecule has 0 aromatic heterocycles. The quantitative estimate of drug-likeness (QED) is 0.692. The number of carboxylic acid groups (broad SMARTS) is 1. The predicted molar refractivity (Wildman–Crippen MR) is 47.8 cm³/mol. The van der Waals surface area contributed by atoms with Crippen LogP contribution in [0.25, 0.3) is 0 Å². The molecule has 0 fully saturated rings. The van der Waals surface area contributed by atoms with E-state index in [9.17, 15) is 4.79 Å². The van der Waals surface area contributed by atoms with Gasteiger partial charge in [0.05, 0.1) is 21.3 Å². The first kappa shape index (κ1) is 9.16. The molecule has 1 rings (SSSR count). The van der Waals surface area contributed by atoms with Crippen molar-refractivity contribution in [2.24, 2.45) is 0 Å². The molecule has 0 saturated heterocycles. The van der Waals surface area contributed by atoms with Crippen molar-refractivity contribution in [2.45, 2.75) is 0 Å². The number of hydrogen-bond acceptors (Lipinski definition) is 2. The third-order valence-electron chi connectivity index (χ3n) is 1.36. The smallest absolute Gasteiger partial charge is 0.337 e. The van der Waals surface area contributed by atoms with Crippen molar-refractivity contribution >= 4 is 34.9 Å². The molecule has 0 heterocycles. The topological polar surface area (TPSA) is 63.3 Å². The Balaban J connectivity index is 3.36. The lowest BCUT2D eigenvalue weighted by Gasteiger charge is -2.03. The molecule has 0 saturated carbocycles. The number of carboxylic acids is 1. The van der Waals surface area contributed by atoms with Crippen molar-refractivity contribution in [1.29, 1.82) is 0 Å². The SMILES string of the molecule is Nc1c(C(=O)O)ccc(Cl)c1Cl. The number of nitrogen functional groups attached to an aromatic ring is 1. The molecule has 3 nitrogen and oxygen atoms in total. The van der Waals surface area contributed by atoms with Gasteiger partial charge < -0.3 is 10.8 Å². The Bertz CT molecular complexity index is 338. The van der Waals surface area contributed by atoms with Crippen LogP contribution in [0.15, 0.2) is 12.1 Å². The molecule has 1 aromatic carbocycles. The van der Waals surface area contributed by atoms with E-state index >= 15 is 0 Å². The van der Waals surface area contributed by atoms with E-state index in [1.165, 1.54) is 12.1 Å². The highest BCUT2D eigenvalue weighted by Gasteiger charge is 2.12. The molecule has 5 heteroatoms. The van der Waals surface area contributed by atoms with E-state index in [1.54, 1.807) is 0 Å². The van der Waals surface area contributed by atoms with E-state index in [1.807, 2.05) is 0 Å². The number of rotatable bonds is 1. The fraction of sp³-hybridized carbons (Fsp3) is 0. The Hall–Kier alpha value is -0.930. The fourth-order valence-electron chi connectivity index (χ4n) is 0.753. The molecule has 0 spiro atoms. The molecule has 0 aliphatic heterocycles. The van der Waals surface area contributed by atoms with Crippen LogP contribution in [0.1, 0.15) is 10.4 Å². The number of hydrogen-bond donors (Lipinski definition) is 2. The summed E-state index contributed by atoms with van der Waals surface area (Å²) in [6, 6.07) is 2.70. The monoisotopic (exact) mass is 205 g/mol. The molecular formula is C7H5Cl2NO2. The fourth-order valence-corrected chi connectivity index (χ4v) is 1.08. The average molecular weight is 206 g/mol. The van der Waals surface area contributed by atoms with Gasteiger partial charge in [-0.1, -0.05) is 23.2 Å². The molecule has 12 heavy (non-hydrogen) atoms. The minimum atomic E-state index is -1.12. The predicted octanol–water partition coefficient (Wildman–Crippen LogP) is 2.27. The van der Waals surface area contributed by atoms with Crippen molar-refractivity contribution in [2.75, 3.05) is 5.73 Å². The van der Waals surface area contributed by atoms with Crippen molar-refractivity contribution in [3.05, 3.63) is 27.7 Å². The number of aromatic carboxylic acids is 1. The number of benzene rings is 1. The zero-order valence-electron chi connectivity index (χ0n) is 5.84. The summed E-state index contributed by atoms with van der Waals surface area (Å²) in [5, 5.41) is 8.93. The maximum Gasteiger partial charge on any atom is 0.337 e. The lowest BCUT2D eigenvalue weighted by Crippen LogP contribution is -2.02. The highest BCUT2D eigenvalue weighted by atomic mass is 35.5. The summed E-state index contributed by atoms with van der Waals surface area (Å²) in [5.41, 5.74) is 5.35. The van der Waals surface area contributed by atoms with Gasteiger partial charge in [0.2, 0.25) is 0 Å². The van der Waals surface area contributed by atoms with Gasteiger partial charge >= 0.3 is 5.97 Å². The highest BCUT2D eigenvalue weighted by molar-refractivity contribution is 6.44. The van der Waals surface area contributed by atoms with Gasteiger partial charge in [-0.2, -0.15) is 0 Å². The number of nitrogens with two attached hydrogens (primary N) is 1. The zero-order chi connectivity index (χ0) is 9.30. The Morgan fingerprint density at radius 3 is 2.50 bits per heavy atom. The van der Waals surface area contributed by atoms with Gasteiger partial charge in [-0.3, -0.25) is 0 Å². The molecule has 0 aliphatic carbocycles. The summed E-state index contributed by atoms with van der Waals surface area (Å²) in [6.45, 7) is 0. The first-order valence-electron chi connectivity index (χ1n) is 3.01. The molecular weight excluding hydrogens is 201 g/mol. The maximum atomic E-state index is 10.5. The van der Waals surface area contributed by atoms with Crippen LogP contribution in [0, 0.1) is 0 Å². The summed E-state index contributed by atoms with van der Waals surface area (Å²) in [5.74, 6) is -1.12. The van der Waals surface area contributed by atoms with Gasteiger partial charge in [-0.25, -0.2) is 4.79 Å². The van der Waals surface area contributed by atoms with Crippen LogP contribution >= 0.6 is 23.2 Å². The Morgan fingerprint density at radius 2 is 2.00 bits per heavy atom. The van der Waals surface area contributed by atoms with E-state index in [0.29, 0.717) is 0 Å². The summed E-state index contributed by atoms with van der Waals surface area (Å²) >= 11 is 11.2. The zero-order valence-corrected chi connectivity index (χ0v) is 7.36. The van der Waals surface area contributed by atoms with Gasteiger partial charge in [0, 0.05) is 0 Å². The molecule has 1 aromatic rings. The van der Waals surface area contributed by atoms with Crippen molar-refractivity contribution < 1.29 is 9.90 Å². The summed E-state index contributed by atoms with van der Waals surface area (Å²) in [4.78, 5) is 10.5. The number of halogens is 2. The van der Waals surface area contributed by atoms with Crippen LogP contribution in [-0.2, 0) is 0 Å². The summed E-state index contributed by atoms with van der Waals surface area (Å²) in [6.07, 6.45) is 0. The lowest BCUT2D eigenvalue weighted by molar-refractivity contribution is 0.0698. The second-order valence-corrected chi connectivity index (χ2v) is 2.91. The van der Waals surface area contributed by atoms with Crippen LogP contribution < -0.4 is 5.73 Å².